The quantitative estimate of drug-likeness (QED) is 0.434. The molecule has 1 heterocycles. The van der Waals surface area contributed by atoms with Gasteiger partial charge in [-0.15, -0.1) is 0 Å². The van der Waals surface area contributed by atoms with Crippen molar-refractivity contribution >= 4 is 17.9 Å². The molecule has 3 rings (SSSR count). The van der Waals surface area contributed by atoms with Gasteiger partial charge in [-0.25, -0.2) is 4.39 Å². The third kappa shape index (κ3) is 6.17. The standard InChI is InChI=1S/C24H23FN2O3/c1-17-6-10-19(11-7-17)23(28)27-22(16-21-5-3-15-30-21)24(29)26-14-2-4-18-8-12-20(25)13-9-18/h3,5-13,15-16H,2,4,14H2,1H3,(H,26,29)(H,27,28)/b22-16-. The lowest BCUT2D eigenvalue weighted by molar-refractivity contribution is -0.117. The topological polar surface area (TPSA) is 71.3 Å². The number of carbonyl (C=O) groups excluding carboxylic acids is 2. The maximum absolute atomic E-state index is 13.0. The molecule has 30 heavy (non-hydrogen) atoms. The van der Waals surface area contributed by atoms with E-state index in [9.17, 15) is 14.0 Å². The molecule has 2 N–H and O–H groups in total. The number of furan rings is 1. The Bertz CT molecular complexity index is 1010. The first kappa shape index (κ1) is 21.0. The Morgan fingerprint density at radius 2 is 1.77 bits per heavy atom. The van der Waals surface area contributed by atoms with Crippen LogP contribution in [0, 0.1) is 12.7 Å². The zero-order chi connectivity index (χ0) is 21.3. The van der Waals surface area contributed by atoms with E-state index in [0.29, 0.717) is 30.7 Å². The van der Waals surface area contributed by atoms with Gasteiger partial charge in [0.1, 0.15) is 17.3 Å². The second-order valence-electron chi connectivity index (χ2n) is 6.88. The molecule has 0 saturated heterocycles. The Balaban J connectivity index is 1.61. The molecule has 154 valence electrons. The van der Waals surface area contributed by atoms with Crippen LogP contribution >= 0.6 is 0 Å². The average Bonchev–Trinajstić information content (AvgIpc) is 3.25. The number of rotatable bonds is 8. The molecule has 0 aliphatic carbocycles. The Morgan fingerprint density at radius 3 is 2.43 bits per heavy atom. The second-order valence-corrected chi connectivity index (χ2v) is 6.88. The molecule has 0 spiro atoms. The maximum atomic E-state index is 13.0. The fraction of sp³-hybridized carbons (Fsp3) is 0.167. The van der Waals surface area contributed by atoms with Crippen molar-refractivity contribution in [3.8, 4) is 0 Å². The Kier molecular flexibility index (Phi) is 7.16. The predicted molar refractivity (Wildman–Crippen MR) is 113 cm³/mol. The molecule has 0 atom stereocenters. The molecule has 0 bridgehead atoms. The van der Waals surface area contributed by atoms with Gasteiger partial charge in [-0.2, -0.15) is 0 Å². The van der Waals surface area contributed by atoms with E-state index in [4.69, 9.17) is 4.42 Å². The molecule has 0 saturated carbocycles. The molecular weight excluding hydrogens is 383 g/mol. The van der Waals surface area contributed by atoms with Crippen molar-refractivity contribution in [1.29, 1.82) is 0 Å². The minimum atomic E-state index is -0.411. The highest BCUT2D eigenvalue weighted by Gasteiger charge is 2.15. The predicted octanol–water partition coefficient (Wildman–Crippen LogP) is 4.25. The fourth-order valence-electron chi connectivity index (χ4n) is 2.81. The van der Waals surface area contributed by atoms with E-state index < -0.39 is 5.91 Å². The first-order chi connectivity index (χ1) is 14.5. The Hall–Kier alpha value is -3.67. The van der Waals surface area contributed by atoms with Crippen LogP contribution < -0.4 is 10.6 Å². The number of aryl methyl sites for hydroxylation is 2. The molecular formula is C24H23FN2O3. The molecule has 5 nitrogen and oxygen atoms in total. The maximum Gasteiger partial charge on any atom is 0.267 e. The van der Waals surface area contributed by atoms with Gasteiger partial charge in [0, 0.05) is 18.2 Å². The monoisotopic (exact) mass is 406 g/mol. The van der Waals surface area contributed by atoms with Crippen LogP contribution in [0.3, 0.4) is 0 Å². The summed E-state index contributed by atoms with van der Waals surface area (Å²) in [6.45, 7) is 2.34. The average molecular weight is 406 g/mol. The molecule has 0 aliphatic rings. The van der Waals surface area contributed by atoms with Gasteiger partial charge in [-0.05, 0) is 61.7 Å². The fourth-order valence-corrected chi connectivity index (χ4v) is 2.81. The number of nitrogens with one attached hydrogen (secondary N) is 2. The number of hydrogen-bond acceptors (Lipinski definition) is 3. The van der Waals surface area contributed by atoms with Crippen molar-refractivity contribution < 1.29 is 18.4 Å². The van der Waals surface area contributed by atoms with Crippen LogP contribution in [-0.2, 0) is 11.2 Å². The van der Waals surface area contributed by atoms with Gasteiger partial charge in [0.2, 0.25) is 0 Å². The van der Waals surface area contributed by atoms with Crippen LogP contribution in [0.5, 0.6) is 0 Å². The largest absolute Gasteiger partial charge is 0.465 e. The van der Waals surface area contributed by atoms with Gasteiger partial charge < -0.3 is 15.1 Å². The third-order valence-electron chi connectivity index (χ3n) is 4.48. The highest BCUT2D eigenvalue weighted by atomic mass is 19.1. The van der Waals surface area contributed by atoms with Crippen molar-refractivity contribution in [3.63, 3.8) is 0 Å². The highest BCUT2D eigenvalue weighted by molar-refractivity contribution is 6.05. The van der Waals surface area contributed by atoms with Crippen LogP contribution in [0.15, 0.2) is 77.0 Å². The molecule has 0 unspecified atom stereocenters. The molecule has 0 aliphatic heterocycles. The SMILES string of the molecule is Cc1ccc(C(=O)N/C(=C\c2ccco2)C(=O)NCCCc2ccc(F)cc2)cc1. The summed E-state index contributed by atoms with van der Waals surface area (Å²) in [6, 6.07) is 16.7. The van der Waals surface area contributed by atoms with E-state index in [1.54, 1.807) is 36.4 Å². The molecule has 0 radical (unpaired) electrons. The van der Waals surface area contributed by atoms with E-state index in [-0.39, 0.29) is 17.4 Å². The lowest BCUT2D eigenvalue weighted by atomic mass is 10.1. The first-order valence-corrected chi connectivity index (χ1v) is 9.67. The molecule has 2 amide bonds. The van der Waals surface area contributed by atoms with Crippen LogP contribution in [0.1, 0.15) is 33.7 Å². The third-order valence-corrected chi connectivity index (χ3v) is 4.48. The van der Waals surface area contributed by atoms with Crippen molar-refractivity contribution in [2.75, 3.05) is 6.54 Å². The molecule has 1 aromatic heterocycles. The highest BCUT2D eigenvalue weighted by Crippen LogP contribution is 2.09. The number of halogens is 1. The van der Waals surface area contributed by atoms with Gasteiger partial charge >= 0.3 is 0 Å². The minimum absolute atomic E-state index is 0.0947. The summed E-state index contributed by atoms with van der Waals surface area (Å²) in [6.07, 6.45) is 4.36. The second kappa shape index (κ2) is 10.2. The number of carbonyl (C=O) groups is 2. The Labute approximate surface area is 174 Å². The lowest BCUT2D eigenvalue weighted by Gasteiger charge is -2.11. The molecule has 6 heteroatoms. The molecule has 3 aromatic rings. The summed E-state index contributed by atoms with van der Waals surface area (Å²) in [5.74, 6) is -0.611. The van der Waals surface area contributed by atoms with Crippen molar-refractivity contribution in [1.82, 2.24) is 10.6 Å². The van der Waals surface area contributed by atoms with Crippen LogP contribution in [-0.4, -0.2) is 18.4 Å². The summed E-state index contributed by atoms with van der Waals surface area (Å²) in [7, 11) is 0. The van der Waals surface area contributed by atoms with Gasteiger partial charge in [0.15, 0.2) is 0 Å². The van der Waals surface area contributed by atoms with E-state index >= 15 is 0 Å². The first-order valence-electron chi connectivity index (χ1n) is 9.67. The van der Waals surface area contributed by atoms with Crippen molar-refractivity contribution in [2.24, 2.45) is 0 Å². The molecule has 0 fully saturated rings. The Morgan fingerprint density at radius 1 is 1.03 bits per heavy atom. The summed E-state index contributed by atoms with van der Waals surface area (Å²) in [4.78, 5) is 25.2. The summed E-state index contributed by atoms with van der Waals surface area (Å²) < 4.78 is 18.2. The lowest BCUT2D eigenvalue weighted by Crippen LogP contribution is -2.35. The van der Waals surface area contributed by atoms with E-state index in [0.717, 1.165) is 11.1 Å². The number of amides is 2. The van der Waals surface area contributed by atoms with Crippen molar-refractivity contribution in [2.45, 2.75) is 19.8 Å². The number of benzene rings is 2. The zero-order valence-corrected chi connectivity index (χ0v) is 16.7. The van der Waals surface area contributed by atoms with E-state index in [1.807, 2.05) is 19.1 Å². The van der Waals surface area contributed by atoms with Gasteiger partial charge in [0.05, 0.1) is 6.26 Å². The minimum Gasteiger partial charge on any atom is -0.465 e. The normalized spacial score (nSPS) is 11.2. The molecule has 2 aromatic carbocycles. The van der Waals surface area contributed by atoms with Crippen LogP contribution in [0.25, 0.3) is 6.08 Å². The summed E-state index contributed by atoms with van der Waals surface area (Å²) in [5, 5.41) is 5.47. The summed E-state index contributed by atoms with van der Waals surface area (Å²) >= 11 is 0. The van der Waals surface area contributed by atoms with Crippen LogP contribution in [0.4, 0.5) is 4.39 Å². The summed E-state index contributed by atoms with van der Waals surface area (Å²) in [5.41, 5.74) is 2.58. The van der Waals surface area contributed by atoms with E-state index in [2.05, 4.69) is 10.6 Å². The van der Waals surface area contributed by atoms with E-state index in [1.165, 1.54) is 24.5 Å². The number of hydrogen-bond donors (Lipinski definition) is 2. The van der Waals surface area contributed by atoms with Gasteiger partial charge in [0.25, 0.3) is 11.8 Å². The smallest absolute Gasteiger partial charge is 0.267 e. The van der Waals surface area contributed by atoms with Crippen molar-refractivity contribution in [3.05, 3.63) is 101 Å². The van der Waals surface area contributed by atoms with Gasteiger partial charge in [-0.3, -0.25) is 9.59 Å². The van der Waals surface area contributed by atoms with Gasteiger partial charge in [-0.1, -0.05) is 29.8 Å². The van der Waals surface area contributed by atoms with Crippen LogP contribution in [0.2, 0.25) is 0 Å². The zero-order valence-electron chi connectivity index (χ0n) is 16.7.